The number of halogens is 1. The first-order valence-corrected chi connectivity index (χ1v) is 6.49. The molecule has 18 heavy (non-hydrogen) atoms. The van der Waals surface area contributed by atoms with Gasteiger partial charge in [-0.2, -0.15) is 0 Å². The number of hydrogen-bond donors (Lipinski definition) is 2. The van der Waals surface area contributed by atoms with Crippen LogP contribution in [0.25, 0.3) is 0 Å². The van der Waals surface area contributed by atoms with Crippen LogP contribution in [0, 0.1) is 5.82 Å². The summed E-state index contributed by atoms with van der Waals surface area (Å²) in [5, 5.41) is 19.2. The average Bonchev–Trinajstić information content (AvgIpc) is 2.84. The standard InChI is InChI=1S/C14H20FNO2/c15-12-5-3-11(4-6-12)14(18)7-9-16-8-1-2-13(16)10-17/h3-6,13-14,17-18H,1-2,7-10H2. The molecule has 1 aliphatic heterocycles. The van der Waals surface area contributed by atoms with Crippen molar-refractivity contribution in [2.75, 3.05) is 19.7 Å². The lowest BCUT2D eigenvalue weighted by molar-refractivity contribution is 0.117. The number of aliphatic hydroxyl groups excluding tert-OH is 2. The molecule has 3 nitrogen and oxygen atoms in total. The smallest absolute Gasteiger partial charge is 0.123 e. The quantitative estimate of drug-likeness (QED) is 0.839. The van der Waals surface area contributed by atoms with Gasteiger partial charge in [0.1, 0.15) is 5.82 Å². The van der Waals surface area contributed by atoms with Gasteiger partial charge in [-0.05, 0) is 43.5 Å². The maximum Gasteiger partial charge on any atom is 0.123 e. The number of benzene rings is 1. The summed E-state index contributed by atoms with van der Waals surface area (Å²) in [6.45, 7) is 1.94. The Morgan fingerprint density at radius 3 is 2.72 bits per heavy atom. The number of aliphatic hydroxyl groups is 2. The zero-order chi connectivity index (χ0) is 13.0. The van der Waals surface area contributed by atoms with Crippen molar-refractivity contribution in [1.29, 1.82) is 0 Å². The summed E-state index contributed by atoms with van der Waals surface area (Å²) < 4.78 is 12.8. The zero-order valence-electron chi connectivity index (χ0n) is 10.4. The van der Waals surface area contributed by atoms with Crippen molar-refractivity contribution >= 4 is 0 Å². The van der Waals surface area contributed by atoms with E-state index in [1.807, 2.05) is 0 Å². The normalized spacial score (nSPS) is 22.3. The first-order chi connectivity index (χ1) is 8.70. The number of rotatable bonds is 5. The summed E-state index contributed by atoms with van der Waals surface area (Å²) in [5.74, 6) is -0.286. The Morgan fingerprint density at radius 1 is 1.33 bits per heavy atom. The minimum absolute atomic E-state index is 0.187. The highest BCUT2D eigenvalue weighted by Gasteiger charge is 2.23. The molecule has 2 rings (SSSR count). The monoisotopic (exact) mass is 253 g/mol. The van der Waals surface area contributed by atoms with Crippen LogP contribution in [0.4, 0.5) is 4.39 Å². The lowest BCUT2D eigenvalue weighted by atomic mass is 10.1. The molecule has 0 spiro atoms. The third-order valence-corrected chi connectivity index (χ3v) is 3.65. The van der Waals surface area contributed by atoms with E-state index in [2.05, 4.69) is 4.90 Å². The van der Waals surface area contributed by atoms with Crippen molar-refractivity contribution in [3.8, 4) is 0 Å². The summed E-state index contributed by atoms with van der Waals surface area (Å²) in [4.78, 5) is 2.22. The molecule has 1 fully saturated rings. The van der Waals surface area contributed by atoms with Gasteiger partial charge in [0.05, 0.1) is 12.7 Å². The first kappa shape index (κ1) is 13.5. The highest BCUT2D eigenvalue weighted by atomic mass is 19.1. The van der Waals surface area contributed by atoms with E-state index in [0.717, 1.165) is 31.5 Å². The Bertz CT molecular complexity index is 369. The summed E-state index contributed by atoms with van der Waals surface area (Å²) >= 11 is 0. The van der Waals surface area contributed by atoms with Gasteiger partial charge in [0, 0.05) is 12.6 Å². The van der Waals surface area contributed by atoms with Crippen LogP contribution in [0.15, 0.2) is 24.3 Å². The molecule has 2 atom stereocenters. The zero-order valence-corrected chi connectivity index (χ0v) is 10.4. The predicted molar refractivity (Wildman–Crippen MR) is 67.7 cm³/mol. The molecule has 0 aliphatic carbocycles. The van der Waals surface area contributed by atoms with E-state index >= 15 is 0 Å². The summed E-state index contributed by atoms with van der Waals surface area (Å²) in [6, 6.07) is 6.21. The van der Waals surface area contributed by atoms with Gasteiger partial charge in [0.25, 0.3) is 0 Å². The topological polar surface area (TPSA) is 43.7 Å². The molecule has 1 aromatic rings. The molecule has 2 unspecified atom stereocenters. The average molecular weight is 253 g/mol. The van der Waals surface area contributed by atoms with Crippen LogP contribution in [0.2, 0.25) is 0 Å². The second kappa shape index (κ2) is 6.27. The van der Waals surface area contributed by atoms with Gasteiger partial charge in [-0.25, -0.2) is 4.39 Å². The third-order valence-electron chi connectivity index (χ3n) is 3.65. The molecule has 2 N–H and O–H groups in total. The number of nitrogens with zero attached hydrogens (tertiary/aromatic N) is 1. The maximum absolute atomic E-state index is 12.8. The van der Waals surface area contributed by atoms with Crippen molar-refractivity contribution < 1.29 is 14.6 Å². The van der Waals surface area contributed by atoms with E-state index in [1.54, 1.807) is 12.1 Å². The molecule has 0 radical (unpaired) electrons. The van der Waals surface area contributed by atoms with Crippen LogP contribution in [-0.2, 0) is 0 Å². The van der Waals surface area contributed by atoms with E-state index in [4.69, 9.17) is 0 Å². The highest BCUT2D eigenvalue weighted by molar-refractivity contribution is 5.18. The molecular formula is C14H20FNO2. The van der Waals surface area contributed by atoms with E-state index < -0.39 is 6.10 Å². The second-order valence-corrected chi connectivity index (χ2v) is 4.87. The van der Waals surface area contributed by atoms with Gasteiger partial charge in [-0.3, -0.25) is 4.90 Å². The van der Waals surface area contributed by atoms with E-state index in [-0.39, 0.29) is 18.5 Å². The molecule has 0 aromatic heterocycles. The van der Waals surface area contributed by atoms with Crippen LogP contribution in [0.5, 0.6) is 0 Å². The molecule has 1 saturated heterocycles. The SMILES string of the molecule is OCC1CCCN1CCC(O)c1ccc(F)cc1. The van der Waals surface area contributed by atoms with Gasteiger partial charge in [-0.15, -0.1) is 0 Å². The predicted octanol–water partition coefficient (Wildman–Crippen LogP) is 1.71. The van der Waals surface area contributed by atoms with E-state index in [0.29, 0.717) is 6.42 Å². The molecule has 1 aromatic carbocycles. The minimum atomic E-state index is -0.564. The largest absolute Gasteiger partial charge is 0.395 e. The molecule has 1 aliphatic rings. The molecule has 0 amide bonds. The maximum atomic E-state index is 12.8. The van der Waals surface area contributed by atoms with Crippen LogP contribution in [0.3, 0.4) is 0 Å². The molecule has 0 saturated carbocycles. The second-order valence-electron chi connectivity index (χ2n) is 4.87. The van der Waals surface area contributed by atoms with Crippen molar-refractivity contribution in [3.63, 3.8) is 0 Å². The van der Waals surface area contributed by atoms with Crippen LogP contribution < -0.4 is 0 Å². The first-order valence-electron chi connectivity index (χ1n) is 6.49. The van der Waals surface area contributed by atoms with Crippen molar-refractivity contribution in [2.45, 2.75) is 31.4 Å². The Morgan fingerprint density at radius 2 is 2.06 bits per heavy atom. The van der Waals surface area contributed by atoms with Crippen LogP contribution in [0.1, 0.15) is 30.9 Å². The van der Waals surface area contributed by atoms with Gasteiger partial charge < -0.3 is 10.2 Å². The van der Waals surface area contributed by atoms with E-state index in [9.17, 15) is 14.6 Å². The number of hydrogen-bond acceptors (Lipinski definition) is 3. The highest BCUT2D eigenvalue weighted by Crippen LogP contribution is 2.21. The molecule has 4 heteroatoms. The Kier molecular flexibility index (Phi) is 4.69. The van der Waals surface area contributed by atoms with Crippen LogP contribution >= 0.6 is 0 Å². The fraction of sp³-hybridized carbons (Fsp3) is 0.571. The van der Waals surface area contributed by atoms with Crippen molar-refractivity contribution in [3.05, 3.63) is 35.6 Å². The molecule has 0 bridgehead atoms. The molecule has 100 valence electrons. The summed E-state index contributed by atoms with van der Waals surface area (Å²) in [5.41, 5.74) is 0.746. The Balaban J connectivity index is 1.84. The van der Waals surface area contributed by atoms with E-state index in [1.165, 1.54) is 12.1 Å². The number of likely N-dealkylation sites (tertiary alicyclic amines) is 1. The minimum Gasteiger partial charge on any atom is -0.395 e. The fourth-order valence-corrected chi connectivity index (χ4v) is 2.54. The fourth-order valence-electron chi connectivity index (χ4n) is 2.54. The Hall–Kier alpha value is -0.970. The molecular weight excluding hydrogens is 233 g/mol. The summed E-state index contributed by atoms with van der Waals surface area (Å²) in [7, 11) is 0. The summed E-state index contributed by atoms with van der Waals surface area (Å²) in [6.07, 6.45) is 2.19. The van der Waals surface area contributed by atoms with Gasteiger partial charge in [-0.1, -0.05) is 12.1 Å². The third kappa shape index (κ3) is 3.28. The lowest BCUT2D eigenvalue weighted by Gasteiger charge is -2.23. The van der Waals surface area contributed by atoms with Gasteiger partial charge in [0.15, 0.2) is 0 Å². The van der Waals surface area contributed by atoms with Crippen molar-refractivity contribution in [2.24, 2.45) is 0 Å². The Labute approximate surface area is 107 Å². The van der Waals surface area contributed by atoms with Gasteiger partial charge >= 0.3 is 0 Å². The molecule has 1 heterocycles. The van der Waals surface area contributed by atoms with Crippen LogP contribution in [-0.4, -0.2) is 40.9 Å². The van der Waals surface area contributed by atoms with Gasteiger partial charge in [0.2, 0.25) is 0 Å². The van der Waals surface area contributed by atoms with Crippen molar-refractivity contribution in [1.82, 2.24) is 4.90 Å². The lowest BCUT2D eigenvalue weighted by Crippen LogP contribution is -2.33.